The molecule has 0 aliphatic carbocycles. The van der Waals surface area contributed by atoms with Crippen LogP contribution in [-0.2, 0) is 0 Å². The Balaban J connectivity index is 0.00000156. The molecule has 6 N–H and O–H groups in total. The Morgan fingerprint density at radius 3 is 2.28 bits per heavy atom. The molecule has 0 spiro atoms. The zero-order valence-electron chi connectivity index (χ0n) is 12.9. The second-order valence-corrected chi connectivity index (χ2v) is 4.92. The van der Waals surface area contributed by atoms with Crippen molar-refractivity contribution in [3.8, 4) is 22.6 Å². The molecule has 0 aliphatic rings. The average Bonchev–Trinajstić information content (AvgIpc) is 3.05. The fourth-order valence-corrected chi connectivity index (χ4v) is 2.09. The molecule has 0 bridgehead atoms. The van der Waals surface area contributed by atoms with Crippen LogP contribution in [0.4, 0.5) is 0 Å². The van der Waals surface area contributed by atoms with Crippen LogP contribution in [0, 0.1) is 10.8 Å². The Labute approximate surface area is 156 Å². The van der Waals surface area contributed by atoms with Crippen molar-refractivity contribution >= 4 is 36.5 Å². The molecule has 2 aromatic heterocycles. The maximum atomic E-state index is 7.48. The molecule has 0 radical (unpaired) electrons. The van der Waals surface area contributed by atoms with Crippen LogP contribution in [0.1, 0.15) is 11.3 Å². The number of halogens is 2. The summed E-state index contributed by atoms with van der Waals surface area (Å²) in [6.07, 6.45) is 1.59. The van der Waals surface area contributed by atoms with Crippen molar-refractivity contribution in [1.29, 1.82) is 10.8 Å². The van der Waals surface area contributed by atoms with Gasteiger partial charge in [-0.15, -0.1) is 24.8 Å². The monoisotopic (exact) mass is 378 g/mol. The van der Waals surface area contributed by atoms with Crippen molar-refractivity contribution in [1.82, 2.24) is 10.1 Å². The molecule has 2 heterocycles. The summed E-state index contributed by atoms with van der Waals surface area (Å²) in [5, 5.41) is 18.8. The summed E-state index contributed by atoms with van der Waals surface area (Å²) in [7, 11) is 0. The maximum absolute atomic E-state index is 7.48. The maximum Gasteiger partial charge on any atom is 0.167 e. The van der Waals surface area contributed by atoms with Crippen molar-refractivity contribution in [2.75, 3.05) is 0 Å². The van der Waals surface area contributed by atoms with Crippen LogP contribution in [0.5, 0.6) is 0 Å². The lowest BCUT2D eigenvalue weighted by molar-refractivity contribution is 0.435. The third-order valence-electron chi connectivity index (χ3n) is 3.30. The summed E-state index contributed by atoms with van der Waals surface area (Å²) in [5.41, 5.74) is 14.1. The standard InChI is InChI=1S/C16H14N6O.2ClH/c17-15(18)10-3-1-2-9(6-10)14-7-13(22-23-14)11-4-5-12(16(19)20)21-8-11;;/h1-8H,(H3,17,18)(H3,19,20);2*1H. The molecule has 130 valence electrons. The van der Waals surface area contributed by atoms with Crippen LogP contribution in [0.3, 0.4) is 0 Å². The van der Waals surface area contributed by atoms with E-state index in [1.807, 2.05) is 6.07 Å². The molecule has 0 saturated heterocycles. The van der Waals surface area contributed by atoms with E-state index < -0.39 is 0 Å². The van der Waals surface area contributed by atoms with Gasteiger partial charge in [0.25, 0.3) is 0 Å². The summed E-state index contributed by atoms with van der Waals surface area (Å²) in [6.45, 7) is 0. The predicted octanol–water partition coefficient (Wildman–Crippen LogP) is 2.82. The SMILES string of the molecule is Cl.Cl.N=C(N)c1cccc(-c2cc(-c3ccc(C(=N)N)nc3)no2)c1. The number of rotatable bonds is 4. The molecular weight excluding hydrogens is 363 g/mol. The van der Waals surface area contributed by atoms with Crippen LogP contribution >= 0.6 is 24.8 Å². The quantitative estimate of drug-likeness (QED) is 0.408. The van der Waals surface area contributed by atoms with Crippen molar-refractivity contribution in [3.05, 3.63) is 59.9 Å². The first kappa shape index (κ1) is 20.1. The lowest BCUT2D eigenvalue weighted by Gasteiger charge is -2.00. The highest BCUT2D eigenvalue weighted by Crippen LogP contribution is 2.26. The Bertz CT molecular complexity index is 892. The molecule has 0 unspecified atom stereocenters. The van der Waals surface area contributed by atoms with E-state index in [2.05, 4.69) is 10.1 Å². The number of nitrogens with two attached hydrogens (primary N) is 2. The van der Waals surface area contributed by atoms with Gasteiger partial charge in [-0.1, -0.05) is 23.4 Å². The smallest absolute Gasteiger partial charge is 0.167 e. The normalized spacial score (nSPS) is 9.60. The van der Waals surface area contributed by atoms with E-state index in [0.717, 1.165) is 11.1 Å². The summed E-state index contributed by atoms with van der Waals surface area (Å²) < 4.78 is 5.36. The number of nitrogens with zero attached hydrogens (tertiary/aromatic N) is 2. The summed E-state index contributed by atoms with van der Waals surface area (Å²) in [5.74, 6) is 0.479. The fourth-order valence-electron chi connectivity index (χ4n) is 2.09. The fraction of sp³-hybridized carbons (Fsp3) is 0. The van der Waals surface area contributed by atoms with Crippen molar-refractivity contribution in [2.45, 2.75) is 0 Å². The number of hydrogen-bond donors (Lipinski definition) is 4. The lowest BCUT2D eigenvalue weighted by atomic mass is 10.1. The third kappa shape index (κ3) is 4.34. The van der Waals surface area contributed by atoms with Gasteiger partial charge in [0.2, 0.25) is 0 Å². The topological polar surface area (TPSA) is 139 Å². The molecule has 3 rings (SSSR count). The molecule has 0 amide bonds. The van der Waals surface area contributed by atoms with Gasteiger partial charge in [-0.25, -0.2) is 0 Å². The summed E-state index contributed by atoms with van der Waals surface area (Å²) in [4.78, 5) is 4.10. The molecule has 0 atom stereocenters. The van der Waals surface area contributed by atoms with Gasteiger partial charge < -0.3 is 16.0 Å². The van der Waals surface area contributed by atoms with Crippen LogP contribution < -0.4 is 11.5 Å². The largest absolute Gasteiger partial charge is 0.384 e. The van der Waals surface area contributed by atoms with E-state index in [-0.39, 0.29) is 36.5 Å². The van der Waals surface area contributed by atoms with Gasteiger partial charge in [0.05, 0.1) is 0 Å². The highest BCUT2D eigenvalue weighted by molar-refractivity contribution is 5.96. The molecule has 3 aromatic rings. The molecule has 7 nitrogen and oxygen atoms in total. The Hall–Kier alpha value is -2.90. The van der Waals surface area contributed by atoms with Crippen LogP contribution in [0.2, 0.25) is 0 Å². The third-order valence-corrected chi connectivity index (χ3v) is 3.30. The van der Waals surface area contributed by atoms with E-state index in [1.165, 1.54) is 0 Å². The van der Waals surface area contributed by atoms with E-state index in [1.54, 1.807) is 42.6 Å². The zero-order valence-corrected chi connectivity index (χ0v) is 14.5. The molecule has 0 aliphatic heterocycles. The van der Waals surface area contributed by atoms with Crippen molar-refractivity contribution < 1.29 is 4.52 Å². The van der Waals surface area contributed by atoms with Gasteiger partial charge in [0.15, 0.2) is 5.76 Å². The number of hydrogen-bond acceptors (Lipinski definition) is 5. The molecule has 1 aromatic carbocycles. The highest BCUT2D eigenvalue weighted by atomic mass is 35.5. The first-order valence-electron chi connectivity index (χ1n) is 6.77. The minimum atomic E-state index is -0.0848. The van der Waals surface area contributed by atoms with Crippen molar-refractivity contribution in [3.63, 3.8) is 0 Å². The van der Waals surface area contributed by atoms with Gasteiger partial charge in [0, 0.05) is 29.0 Å². The second kappa shape index (κ2) is 8.27. The molecular formula is C16H16Cl2N6O. The van der Waals surface area contributed by atoms with Gasteiger partial charge in [-0.05, 0) is 18.2 Å². The van der Waals surface area contributed by atoms with Crippen LogP contribution in [0.15, 0.2) is 53.2 Å². The molecule has 9 heteroatoms. The number of aromatic nitrogens is 2. The average molecular weight is 379 g/mol. The molecule has 25 heavy (non-hydrogen) atoms. The minimum Gasteiger partial charge on any atom is -0.384 e. The van der Waals surface area contributed by atoms with Crippen molar-refractivity contribution in [2.24, 2.45) is 11.5 Å². The predicted molar refractivity (Wildman–Crippen MR) is 102 cm³/mol. The lowest BCUT2D eigenvalue weighted by Crippen LogP contribution is -2.12. The van der Waals surface area contributed by atoms with E-state index >= 15 is 0 Å². The Kier molecular flexibility index (Phi) is 6.67. The van der Waals surface area contributed by atoms with Gasteiger partial charge in [-0.3, -0.25) is 15.8 Å². The van der Waals surface area contributed by atoms with E-state index in [9.17, 15) is 0 Å². The number of nitrogen functional groups attached to an aromatic ring is 2. The van der Waals surface area contributed by atoms with Crippen LogP contribution in [0.25, 0.3) is 22.6 Å². The van der Waals surface area contributed by atoms with E-state index in [4.69, 9.17) is 26.8 Å². The van der Waals surface area contributed by atoms with E-state index in [0.29, 0.717) is 22.7 Å². The first-order valence-corrected chi connectivity index (χ1v) is 6.77. The Morgan fingerprint density at radius 2 is 1.68 bits per heavy atom. The molecule has 0 fully saturated rings. The number of amidine groups is 2. The summed E-state index contributed by atoms with van der Waals surface area (Å²) in [6, 6.07) is 12.4. The zero-order chi connectivity index (χ0) is 16.4. The number of pyridine rings is 1. The molecule has 0 saturated carbocycles. The van der Waals surface area contributed by atoms with Gasteiger partial charge >= 0.3 is 0 Å². The Morgan fingerprint density at radius 1 is 0.920 bits per heavy atom. The van der Waals surface area contributed by atoms with Gasteiger partial charge in [0.1, 0.15) is 23.1 Å². The minimum absolute atomic E-state index is 0. The van der Waals surface area contributed by atoms with Gasteiger partial charge in [-0.2, -0.15) is 0 Å². The first-order chi connectivity index (χ1) is 11.0. The number of benzene rings is 1. The highest BCUT2D eigenvalue weighted by Gasteiger charge is 2.10. The van der Waals surface area contributed by atoms with Crippen LogP contribution in [-0.4, -0.2) is 21.8 Å². The number of nitrogens with one attached hydrogen (secondary N) is 2. The summed E-state index contributed by atoms with van der Waals surface area (Å²) >= 11 is 0. The second-order valence-electron chi connectivity index (χ2n) is 4.92.